The second kappa shape index (κ2) is 22.5. The monoisotopic (exact) mass is 534 g/mol. The van der Waals surface area contributed by atoms with E-state index < -0.39 is 7.92 Å². The Morgan fingerprint density at radius 2 is 0.538 bits per heavy atom. The third-order valence-electron chi connectivity index (χ3n) is 5.55. The Morgan fingerprint density at radius 1 is 0.333 bits per heavy atom. The lowest BCUT2D eigenvalue weighted by molar-refractivity contribution is 1.14. The van der Waals surface area contributed by atoms with Crippen molar-refractivity contribution in [2.24, 2.45) is 0 Å². The van der Waals surface area contributed by atoms with Crippen LogP contribution in [0.3, 0.4) is 0 Å². The van der Waals surface area contributed by atoms with Gasteiger partial charge in [-0.25, -0.2) is 0 Å². The summed E-state index contributed by atoms with van der Waals surface area (Å²) >= 11 is 0. The predicted octanol–water partition coefficient (Wildman–Crippen LogP) is 10.00. The summed E-state index contributed by atoms with van der Waals surface area (Å²) in [4.78, 5) is 0. The highest BCUT2D eigenvalue weighted by Gasteiger charge is 2.14. The minimum Gasteiger partial charge on any atom is -0.0683 e. The van der Waals surface area contributed by atoms with E-state index in [2.05, 4.69) is 153 Å². The molecule has 0 aliphatic rings. The van der Waals surface area contributed by atoms with Crippen molar-refractivity contribution in [1.29, 1.82) is 0 Å². The zero-order chi connectivity index (χ0) is 28.6. The Morgan fingerprint density at radius 3 is 0.718 bits per heavy atom. The van der Waals surface area contributed by atoms with Gasteiger partial charge in [-0.15, -0.1) is 0 Å². The highest BCUT2D eigenvalue weighted by atomic mass is 31.1. The predicted molar refractivity (Wildman–Crippen MR) is 179 cm³/mol. The summed E-state index contributed by atoms with van der Waals surface area (Å²) in [7, 11) is -0.446. The minimum absolute atomic E-state index is 0.446. The van der Waals surface area contributed by atoms with Crippen LogP contribution in [0.1, 0.15) is 52.7 Å². The Hall–Kier alpha value is -3.47. The van der Waals surface area contributed by atoms with Crippen molar-refractivity contribution in [1.82, 2.24) is 0 Å². The van der Waals surface area contributed by atoms with Crippen molar-refractivity contribution in [2.75, 3.05) is 0 Å². The minimum atomic E-state index is -0.446. The van der Waals surface area contributed by atoms with E-state index in [4.69, 9.17) is 0 Å². The van der Waals surface area contributed by atoms with Crippen LogP contribution < -0.4 is 15.9 Å². The normalized spacial score (nSPS) is 9.21. The molecule has 0 aliphatic heterocycles. The first kappa shape index (κ1) is 33.6. The second-order valence-corrected chi connectivity index (χ2v) is 10.2. The van der Waals surface area contributed by atoms with Gasteiger partial charge in [-0.1, -0.05) is 193 Å². The van der Waals surface area contributed by atoms with Gasteiger partial charge in [-0.3, -0.25) is 0 Å². The third-order valence-corrected chi connectivity index (χ3v) is 7.99. The second-order valence-electron chi connectivity index (χ2n) is 8.02. The zero-order valence-electron chi connectivity index (χ0n) is 24.8. The van der Waals surface area contributed by atoms with Crippen LogP contribution in [0.4, 0.5) is 0 Å². The van der Waals surface area contributed by atoms with Gasteiger partial charge in [0, 0.05) is 0 Å². The molecule has 5 aromatic rings. The molecule has 0 aromatic heterocycles. The Bertz CT molecular complexity index is 1040. The van der Waals surface area contributed by atoms with Gasteiger partial charge < -0.3 is 0 Å². The van der Waals surface area contributed by atoms with Crippen molar-refractivity contribution < 1.29 is 0 Å². The number of rotatable bonds is 5. The van der Waals surface area contributed by atoms with Gasteiger partial charge in [0.15, 0.2) is 0 Å². The van der Waals surface area contributed by atoms with Gasteiger partial charge in [-0.05, 0) is 47.8 Å². The van der Waals surface area contributed by atoms with Crippen molar-refractivity contribution >= 4 is 23.8 Å². The summed E-state index contributed by atoms with van der Waals surface area (Å²) < 4.78 is 0. The molecule has 5 aromatic carbocycles. The quantitative estimate of drug-likeness (QED) is 0.197. The van der Waals surface area contributed by atoms with Crippen LogP contribution in [0, 0.1) is 0 Å². The fraction of sp³-hybridized carbons (Fsp3) is 0.211. The third kappa shape index (κ3) is 13.2. The number of benzene rings is 5. The summed E-state index contributed by atoms with van der Waals surface area (Å²) in [6.07, 6.45) is 2.28. The van der Waals surface area contributed by atoms with Crippen LogP contribution in [-0.4, -0.2) is 0 Å². The molecule has 0 heterocycles. The number of aryl methyl sites for hydroxylation is 2. The molecule has 0 saturated heterocycles. The van der Waals surface area contributed by atoms with Gasteiger partial charge in [0.25, 0.3) is 0 Å². The average Bonchev–Trinajstić information content (AvgIpc) is 3.06. The lowest BCUT2D eigenvalue weighted by Crippen LogP contribution is -2.20. The van der Waals surface area contributed by atoms with Gasteiger partial charge in [0.1, 0.15) is 0 Å². The van der Waals surface area contributed by atoms with Crippen LogP contribution in [0.2, 0.25) is 0 Å². The molecule has 0 N–H and O–H groups in total. The first-order chi connectivity index (χ1) is 19.3. The Labute approximate surface area is 240 Å². The van der Waals surface area contributed by atoms with Crippen molar-refractivity contribution in [2.45, 2.75) is 54.4 Å². The largest absolute Gasteiger partial charge is 0.0683 e. The van der Waals surface area contributed by atoms with Gasteiger partial charge in [0.05, 0.1) is 0 Å². The van der Waals surface area contributed by atoms with E-state index in [9.17, 15) is 0 Å². The molecule has 0 unspecified atom stereocenters. The maximum atomic E-state index is 2.23. The Balaban J connectivity index is 0.000000316. The maximum Gasteiger partial charge on any atom is -0.0134 e. The smallest absolute Gasteiger partial charge is 0.0134 e. The molecule has 204 valence electrons. The first-order valence-electron chi connectivity index (χ1n) is 14.3. The van der Waals surface area contributed by atoms with Crippen molar-refractivity contribution in [3.8, 4) is 0 Å². The van der Waals surface area contributed by atoms with E-state index in [1.165, 1.54) is 27.0 Å². The summed E-state index contributed by atoms with van der Waals surface area (Å²) in [6.45, 7) is 12.3. The first-order valence-corrected chi connectivity index (χ1v) is 15.7. The molecule has 5 rings (SSSR count). The number of hydrogen-bond donors (Lipinski definition) is 0. The highest BCUT2D eigenvalue weighted by Crippen LogP contribution is 2.32. The fourth-order valence-corrected chi connectivity index (χ4v) is 5.91. The molecule has 0 aliphatic carbocycles. The summed E-state index contributed by atoms with van der Waals surface area (Å²) in [5, 5.41) is 4.19. The molecule has 1 heteroatoms. The van der Waals surface area contributed by atoms with Crippen molar-refractivity contribution in [3.05, 3.63) is 163 Å². The molecule has 0 bridgehead atoms. The lowest BCUT2D eigenvalue weighted by atomic mass is 10.2. The van der Waals surface area contributed by atoms with E-state index in [-0.39, 0.29) is 0 Å². The van der Waals surface area contributed by atoms with Gasteiger partial charge in [0.2, 0.25) is 0 Å². The topological polar surface area (TPSA) is 0 Å². The Kier molecular flexibility index (Phi) is 19.4. The summed E-state index contributed by atoms with van der Waals surface area (Å²) in [5.41, 5.74) is 2.82. The van der Waals surface area contributed by atoms with E-state index in [0.29, 0.717) is 0 Å². The van der Waals surface area contributed by atoms with Gasteiger partial charge in [-0.2, -0.15) is 0 Å². The van der Waals surface area contributed by atoms with Crippen LogP contribution >= 0.6 is 7.92 Å². The van der Waals surface area contributed by atoms with Crippen LogP contribution in [0.25, 0.3) is 0 Å². The lowest BCUT2D eigenvalue weighted by Gasteiger charge is -2.18. The van der Waals surface area contributed by atoms with Crippen LogP contribution in [0.15, 0.2) is 152 Å². The molecule has 0 saturated carbocycles. The molecule has 0 radical (unpaired) electrons. The van der Waals surface area contributed by atoms with Gasteiger partial charge >= 0.3 is 0 Å². The van der Waals surface area contributed by atoms with E-state index >= 15 is 0 Å². The maximum absolute atomic E-state index is 2.23. The van der Waals surface area contributed by atoms with Crippen molar-refractivity contribution in [3.63, 3.8) is 0 Å². The van der Waals surface area contributed by atoms with E-state index in [1.807, 2.05) is 39.8 Å². The van der Waals surface area contributed by atoms with Crippen LogP contribution in [-0.2, 0) is 12.8 Å². The molecule has 0 fully saturated rings. The van der Waals surface area contributed by atoms with E-state index in [0.717, 1.165) is 12.8 Å². The zero-order valence-corrected chi connectivity index (χ0v) is 25.7. The molecule has 39 heavy (non-hydrogen) atoms. The average molecular weight is 535 g/mol. The standard InChI is InChI=1S/C18H15P.2C8H10.2C2H6/c1-4-10-16(11-5-1)19(17-12-6-2-7-13-17)18-14-8-3-9-15-18;2*1-2-8-6-4-3-5-7-8;2*1-2/h1-15H;2*3-7H,2H2,1H3;2*1-2H3. The van der Waals surface area contributed by atoms with Crippen LogP contribution in [0.5, 0.6) is 0 Å². The molecule has 0 nitrogen and oxygen atoms in total. The molecule has 0 amide bonds. The van der Waals surface area contributed by atoms with E-state index in [1.54, 1.807) is 0 Å². The fourth-order valence-electron chi connectivity index (χ4n) is 3.61. The molecular formula is C38H47P. The molecule has 0 atom stereocenters. The molecule has 0 spiro atoms. The summed E-state index contributed by atoms with van der Waals surface area (Å²) in [5.74, 6) is 0. The SMILES string of the molecule is CC.CC.CCc1ccccc1.CCc1ccccc1.c1ccc(P(c2ccccc2)c2ccccc2)cc1. The summed E-state index contributed by atoms with van der Waals surface area (Å²) in [6, 6.07) is 53.2. The molecular weight excluding hydrogens is 487 g/mol. The number of hydrogen-bond acceptors (Lipinski definition) is 0. The highest BCUT2D eigenvalue weighted by molar-refractivity contribution is 7.79.